The zero-order chi connectivity index (χ0) is 15.6. The molecule has 1 atom stereocenters. The van der Waals surface area contributed by atoms with Gasteiger partial charge in [-0.25, -0.2) is 12.8 Å². The van der Waals surface area contributed by atoms with Crippen LogP contribution < -0.4 is 0 Å². The molecule has 1 fully saturated rings. The summed E-state index contributed by atoms with van der Waals surface area (Å²) < 4.78 is 40.9. The van der Waals surface area contributed by atoms with Gasteiger partial charge in [0, 0.05) is 23.7 Å². The van der Waals surface area contributed by atoms with E-state index in [0.717, 1.165) is 25.3 Å². The molecule has 0 N–H and O–H groups in total. The third-order valence-corrected chi connectivity index (χ3v) is 6.16. The molecule has 0 saturated carbocycles. The van der Waals surface area contributed by atoms with Crippen LogP contribution in [0.1, 0.15) is 31.7 Å². The van der Waals surface area contributed by atoms with Gasteiger partial charge >= 0.3 is 0 Å². The average Bonchev–Trinajstić information content (AvgIpc) is 2.90. The standard InChI is InChI=1S/C14H18Cl2FNO2S/c1-2-3-10-4-5-18(9-10)21(19,20)13-7-12(16)6-11(8-15)14(13)17/h6-7,10H,2-5,8-9H2,1H3. The highest BCUT2D eigenvalue weighted by Gasteiger charge is 2.34. The molecular formula is C14H18Cl2FNO2S. The first-order chi connectivity index (χ1) is 9.90. The Labute approximate surface area is 135 Å². The first-order valence-electron chi connectivity index (χ1n) is 6.94. The van der Waals surface area contributed by atoms with E-state index in [-0.39, 0.29) is 21.4 Å². The molecule has 1 saturated heterocycles. The Kier molecular flexibility index (Phi) is 5.52. The summed E-state index contributed by atoms with van der Waals surface area (Å²) in [6, 6.07) is 2.52. The number of hydrogen-bond acceptors (Lipinski definition) is 2. The van der Waals surface area contributed by atoms with Gasteiger partial charge in [0.1, 0.15) is 10.7 Å². The maximum atomic E-state index is 14.3. The van der Waals surface area contributed by atoms with E-state index in [1.807, 2.05) is 0 Å². The monoisotopic (exact) mass is 353 g/mol. The molecule has 1 aromatic rings. The Morgan fingerprint density at radius 3 is 2.76 bits per heavy atom. The molecule has 118 valence electrons. The van der Waals surface area contributed by atoms with Crippen LogP contribution in [-0.2, 0) is 15.9 Å². The maximum absolute atomic E-state index is 14.3. The number of halogens is 3. The van der Waals surface area contributed by atoms with Crippen molar-refractivity contribution in [3.63, 3.8) is 0 Å². The lowest BCUT2D eigenvalue weighted by Crippen LogP contribution is -2.29. The van der Waals surface area contributed by atoms with Gasteiger partial charge in [-0.2, -0.15) is 4.31 Å². The third-order valence-electron chi connectivity index (χ3n) is 3.79. The Morgan fingerprint density at radius 1 is 1.43 bits per heavy atom. The molecule has 0 amide bonds. The molecule has 21 heavy (non-hydrogen) atoms. The van der Waals surface area contributed by atoms with Crippen LogP contribution in [0.3, 0.4) is 0 Å². The molecule has 0 bridgehead atoms. The van der Waals surface area contributed by atoms with Crippen molar-refractivity contribution in [2.75, 3.05) is 13.1 Å². The highest BCUT2D eigenvalue weighted by atomic mass is 35.5. The van der Waals surface area contributed by atoms with Crippen LogP contribution in [-0.4, -0.2) is 25.8 Å². The van der Waals surface area contributed by atoms with Crippen molar-refractivity contribution in [1.82, 2.24) is 4.31 Å². The SMILES string of the molecule is CCCC1CCN(S(=O)(=O)c2cc(Cl)cc(CCl)c2F)C1. The summed E-state index contributed by atoms with van der Waals surface area (Å²) in [6.07, 6.45) is 2.81. The Bertz CT molecular complexity index is 622. The van der Waals surface area contributed by atoms with E-state index in [9.17, 15) is 12.8 Å². The summed E-state index contributed by atoms with van der Waals surface area (Å²) in [6.45, 7) is 2.94. The molecule has 0 aromatic heterocycles. The predicted octanol–water partition coefficient (Wildman–Crippen LogP) is 4.03. The first kappa shape index (κ1) is 17.0. The minimum atomic E-state index is -3.86. The van der Waals surface area contributed by atoms with E-state index >= 15 is 0 Å². The second-order valence-corrected chi connectivity index (χ2v) is 7.93. The topological polar surface area (TPSA) is 37.4 Å². The van der Waals surface area contributed by atoms with Gasteiger partial charge in [-0.3, -0.25) is 0 Å². The summed E-state index contributed by atoms with van der Waals surface area (Å²) >= 11 is 11.5. The Balaban J connectivity index is 2.35. The van der Waals surface area contributed by atoms with Gasteiger partial charge in [-0.15, -0.1) is 11.6 Å². The van der Waals surface area contributed by atoms with Crippen molar-refractivity contribution in [2.45, 2.75) is 37.0 Å². The summed E-state index contributed by atoms with van der Waals surface area (Å²) in [5.41, 5.74) is 0.104. The maximum Gasteiger partial charge on any atom is 0.246 e. The number of nitrogens with zero attached hydrogens (tertiary/aromatic N) is 1. The van der Waals surface area contributed by atoms with Crippen molar-refractivity contribution < 1.29 is 12.8 Å². The Hall–Kier alpha value is -0.360. The fourth-order valence-electron chi connectivity index (χ4n) is 2.70. The number of sulfonamides is 1. The van der Waals surface area contributed by atoms with Gasteiger partial charge in [0.2, 0.25) is 10.0 Å². The zero-order valence-corrected chi connectivity index (χ0v) is 14.1. The summed E-state index contributed by atoms with van der Waals surface area (Å²) in [4.78, 5) is -0.372. The van der Waals surface area contributed by atoms with Gasteiger partial charge in [0.05, 0.1) is 5.88 Å². The second-order valence-electron chi connectivity index (χ2n) is 5.32. The molecule has 0 radical (unpaired) electrons. The molecule has 0 aliphatic carbocycles. The number of rotatable bonds is 5. The lowest BCUT2D eigenvalue weighted by atomic mass is 10.0. The van der Waals surface area contributed by atoms with Crippen molar-refractivity contribution in [3.05, 3.63) is 28.5 Å². The lowest BCUT2D eigenvalue weighted by Gasteiger charge is -2.18. The first-order valence-corrected chi connectivity index (χ1v) is 9.29. The fourth-order valence-corrected chi connectivity index (χ4v) is 4.87. The van der Waals surface area contributed by atoms with Gasteiger partial charge in [0.15, 0.2) is 0 Å². The van der Waals surface area contributed by atoms with Crippen LogP contribution in [0.15, 0.2) is 17.0 Å². The highest BCUT2D eigenvalue weighted by molar-refractivity contribution is 7.89. The van der Waals surface area contributed by atoms with Crippen LogP contribution >= 0.6 is 23.2 Å². The van der Waals surface area contributed by atoms with Crippen LogP contribution in [0.25, 0.3) is 0 Å². The van der Waals surface area contributed by atoms with E-state index in [0.29, 0.717) is 19.0 Å². The number of benzene rings is 1. The number of alkyl halides is 1. The smallest absolute Gasteiger partial charge is 0.207 e. The predicted molar refractivity (Wildman–Crippen MR) is 82.7 cm³/mol. The van der Waals surface area contributed by atoms with Gasteiger partial charge in [-0.05, 0) is 30.9 Å². The van der Waals surface area contributed by atoms with Crippen LogP contribution in [0.2, 0.25) is 5.02 Å². The molecule has 1 aliphatic heterocycles. The molecule has 3 nitrogen and oxygen atoms in total. The molecule has 1 aliphatic rings. The van der Waals surface area contributed by atoms with Gasteiger partial charge in [-0.1, -0.05) is 24.9 Å². The normalized spacial score (nSPS) is 20.1. The van der Waals surface area contributed by atoms with Crippen LogP contribution in [0.4, 0.5) is 4.39 Å². The molecular weight excluding hydrogens is 336 g/mol. The van der Waals surface area contributed by atoms with Crippen molar-refractivity contribution in [3.8, 4) is 0 Å². The van der Waals surface area contributed by atoms with Crippen LogP contribution in [0, 0.1) is 11.7 Å². The third kappa shape index (κ3) is 3.52. The Morgan fingerprint density at radius 2 is 2.14 bits per heavy atom. The summed E-state index contributed by atoms with van der Waals surface area (Å²) in [5, 5.41) is 0.176. The van der Waals surface area contributed by atoms with E-state index in [1.165, 1.54) is 10.4 Å². The molecule has 1 unspecified atom stereocenters. The largest absolute Gasteiger partial charge is 0.246 e. The van der Waals surface area contributed by atoms with Crippen molar-refractivity contribution >= 4 is 33.2 Å². The second kappa shape index (κ2) is 6.82. The molecule has 0 spiro atoms. The van der Waals surface area contributed by atoms with E-state index in [4.69, 9.17) is 23.2 Å². The molecule has 1 heterocycles. The highest BCUT2D eigenvalue weighted by Crippen LogP contribution is 2.31. The quantitative estimate of drug-likeness (QED) is 0.749. The van der Waals surface area contributed by atoms with Gasteiger partial charge < -0.3 is 0 Å². The van der Waals surface area contributed by atoms with Crippen LogP contribution in [0.5, 0.6) is 0 Å². The zero-order valence-electron chi connectivity index (χ0n) is 11.8. The summed E-state index contributed by atoms with van der Waals surface area (Å²) in [5.74, 6) is -0.569. The summed E-state index contributed by atoms with van der Waals surface area (Å²) in [7, 11) is -3.86. The molecule has 2 rings (SSSR count). The average molecular weight is 354 g/mol. The lowest BCUT2D eigenvalue weighted by molar-refractivity contribution is 0.440. The van der Waals surface area contributed by atoms with E-state index in [2.05, 4.69) is 6.92 Å². The minimum absolute atomic E-state index is 0.104. The minimum Gasteiger partial charge on any atom is -0.207 e. The molecule has 1 aromatic carbocycles. The van der Waals surface area contributed by atoms with E-state index < -0.39 is 15.8 Å². The number of hydrogen-bond donors (Lipinski definition) is 0. The van der Waals surface area contributed by atoms with Crippen molar-refractivity contribution in [1.29, 1.82) is 0 Å². The van der Waals surface area contributed by atoms with E-state index in [1.54, 1.807) is 0 Å². The fraction of sp³-hybridized carbons (Fsp3) is 0.571. The molecule has 7 heteroatoms. The van der Waals surface area contributed by atoms with Crippen molar-refractivity contribution in [2.24, 2.45) is 5.92 Å². The van der Waals surface area contributed by atoms with Gasteiger partial charge in [0.25, 0.3) is 0 Å².